The topological polar surface area (TPSA) is 37.8 Å². The van der Waals surface area contributed by atoms with Gasteiger partial charge in [0.2, 0.25) is 0 Å². The van der Waals surface area contributed by atoms with Crippen molar-refractivity contribution < 1.29 is 4.39 Å². The molecule has 0 unspecified atom stereocenters. The lowest BCUT2D eigenvalue weighted by Crippen LogP contribution is -2.01. The molecule has 1 saturated carbocycles. The van der Waals surface area contributed by atoms with Crippen LogP contribution in [0.1, 0.15) is 30.1 Å². The predicted octanol–water partition coefficient (Wildman–Crippen LogP) is 3.51. The van der Waals surface area contributed by atoms with E-state index in [2.05, 4.69) is 15.3 Å². The van der Waals surface area contributed by atoms with Gasteiger partial charge in [-0.05, 0) is 37.5 Å². The number of aryl methyl sites for hydroxylation is 1. The lowest BCUT2D eigenvalue weighted by Gasteiger charge is -2.09. The fraction of sp³-hybridized carbons (Fsp3) is 0.333. The lowest BCUT2D eigenvalue weighted by molar-refractivity contribution is 0.628. The van der Waals surface area contributed by atoms with Crippen LogP contribution in [0.3, 0.4) is 0 Å². The van der Waals surface area contributed by atoms with E-state index >= 15 is 0 Å². The smallest absolute Gasteiger partial charge is 0.134 e. The summed E-state index contributed by atoms with van der Waals surface area (Å²) in [4.78, 5) is 9.07. The number of anilines is 1. The molecule has 0 atom stereocenters. The van der Waals surface area contributed by atoms with Crippen LogP contribution in [0.2, 0.25) is 0 Å². The minimum absolute atomic E-state index is 0.238. The van der Waals surface area contributed by atoms with Crippen LogP contribution in [-0.2, 0) is 0 Å². The minimum Gasteiger partial charge on any atom is -0.373 e. The fourth-order valence-electron chi connectivity index (χ4n) is 2.13. The Morgan fingerprint density at radius 2 is 2.00 bits per heavy atom. The second-order valence-corrected chi connectivity index (χ2v) is 4.98. The summed E-state index contributed by atoms with van der Waals surface area (Å²) >= 11 is 0. The molecule has 19 heavy (non-hydrogen) atoms. The van der Waals surface area contributed by atoms with E-state index in [1.807, 2.05) is 20.0 Å². The van der Waals surface area contributed by atoms with Gasteiger partial charge in [0.1, 0.15) is 17.5 Å². The summed E-state index contributed by atoms with van der Waals surface area (Å²) in [5.74, 6) is 1.89. The van der Waals surface area contributed by atoms with Gasteiger partial charge in [-0.25, -0.2) is 14.4 Å². The molecule has 0 aliphatic heterocycles. The molecule has 1 aliphatic carbocycles. The number of hydrogen-bond acceptors (Lipinski definition) is 3. The Labute approximate surface area is 111 Å². The van der Waals surface area contributed by atoms with Gasteiger partial charge >= 0.3 is 0 Å². The first-order valence-corrected chi connectivity index (χ1v) is 6.50. The lowest BCUT2D eigenvalue weighted by atomic mass is 10.1. The highest BCUT2D eigenvalue weighted by Gasteiger charge is 2.27. The fourth-order valence-corrected chi connectivity index (χ4v) is 2.13. The number of nitrogens with zero attached hydrogens (tertiary/aromatic N) is 2. The van der Waals surface area contributed by atoms with Crippen LogP contribution in [0.25, 0.3) is 11.3 Å². The first-order valence-electron chi connectivity index (χ1n) is 6.50. The van der Waals surface area contributed by atoms with E-state index in [1.54, 1.807) is 6.07 Å². The summed E-state index contributed by atoms with van der Waals surface area (Å²) in [7, 11) is 1.83. The average Bonchev–Trinajstić information content (AvgIpc) is 3.25. The van der Waals surface area contributed by atoms with Crippen LogP contribution in [0, 0.1) is 12.7 Å². The highest BCUT2D eigenvalue weighted by molar-refractivity contribution is 5.66. The monoisotopic (exact) mass is 257 g/mol. The summed E-state index contributed by atoms with van der Waals surface area (Å²) in [6.45, 7) is 1.97. The molecule has 0 amide bonds. The first kappa shape index (κ1) is 12.1. The van der Waals surface area contributed by atoms with Crippen LogP contribution < -0.4 is 5.32 Å². The second kappa shape index (κ2) is 4.61. The molecule has 0 spiro atoms. The Morgan fingerprint density at radius 1 is 1.21 bits per heavy atom. The molecule has 1 aromatic heterocycles. The third-order valence-electron chi connectivity index (χ3n) is 3.42. The number of nitrogens with one attached hydrogen (secondary N) is 1. The van der Waals surface area contributed by atoms with Crippen molar-refractivity contribution >= 4 is 5.82 Å². The number of hydrogen-bond donors (Lipinski definition) is 1. The van der Waals surface area contributed by atoms with Crippen molar-refractivity contribution in [2.75, 3.05) is 12.4 Å². The molecule has 0 bridgehead atoms. The number of rotatable bonds is 3. The van der Waals surface area contributed by atoms with E-state index in [9.17, 15) is 4.39 Å². The molecular formula is C15H16FN3. The highest BCUT2D eigenvalue weighted by atomic mass is 19.1. The van der Waals surface area contributed by atoms with Crippen molar-refractivity contribution in [3.05, 3.63) is 41.5 Å². The van der Waals surface area contributed by atoms with Crippen molar-refractivity contribution in [3.63, 3.8) is 0 Å². The number of aromatic nitrogens is 2. The van der Waals surface area contributed by atoms with Crippen LogP contribution in [0.5, 0.6) is 0 Å². The van der Waals surface area contributed by atoms with E-state index < -0.39 is 0 Å². The molecule has 3 nitrogen and oxygen atoms in total. The molecule has 1 aliphatic rings. The van der Waals surface area contributed by atoms with Crippen molar-refractivity contribution in [2.24, 2.45) is 0 Å². The predicted molar refractivity (Wildman–Crippen MR) is 73.7 cm³/mol. The zero-order chi connectivity index (χ0) is 13.4. The third kappa shape index (κ3) is 2.43. The second-order valence-electron chi connectivity index (χ2n) is 4.98. The summed E-state index contributed by atoms with van der Waals surface area (Å²) in [5, 5.41) is 3.05. The minimum atomic E-state index is -0.238. The highest BCUT2D eigenvalue weighted by Crippen LogP contribution is 2.39. The maximum absolute atomic E-state index is 13.4. The van der Waals surface area contributed by atoms with E-state index in [4.69, 9.17) is 0 Å². The Bertz CT molecular complexity index is 621. The van der Waals surface area contributed by atoms with Gasteiger partial charge < -0.3 is 5.32 Å². The molecule has 0 saturated heterocycles. The van der Waals surface area contributed by atoms with Crippen molar-refractivity contribution in [1.82, 2.24) is 9.97 Å². The van der Waals surface area contributed by atoms with Gasteiger partial charge in [0, 0.05) is 24.6 Å². The zero-order valence-electron chi connectivity index (χ0n) is 11.1. The van der Waals surface area contributed by atoms with E-state index in [0.717, 1.165) is 41.3 Å². The first-order chi connectivity index (χ1) is 9.17. The van der Waals surface area contributed by atoms with Crippen molar-refractivity contribution in [1.29, 1.82) is 0 Å². The maximum Gasteiger partial charge on any atom is 0.134 e. The van der Waals surface area contributed by atoms with E-state index in [0.29, 0.717) is 5.92 Å². The Balaban J connectivity index is 2.12. The SMILES string of the molecule is CNc1cc(-c2cc(F)ccc2C)nc(C2CC2)n1. The standard InChI is InChI=1S/C15H16FN3/c1-9-3-6-11(16)7-12(9)13-8-14(17-2)19-15(18-13)10-4-5-10/h3,6-8,10H,4-5H2,1-2H3,(H,17,18,19). The molecule has 1 aromatic carbocycles. The Kier molecular flexibility index (Phi) is 2.93. The molecular weight excluding hydrogens is 241 g/mol. The van der Waals surface area contributed by atoms with Crippen LogP contribution >= 0.6 is 0 Å². The molecule has 0 radical (unpaired) electrons. The summed E-state index contributed by atoms with van der Waals surface area (Å²) in [6, 6.07) is 6.66. The van der Waals surface area contributed by atoms with Gasteiger partial charge in [-0.1, -0.05) is 6.07 Å². The maximum atomic E-state index is 13.4. The van der Waals surface area contributed by atoms with Gasteiger partial charge in [-0.2, -0.15) is 0 Å². The molecule has 4 heteroatoms. The number of benzene rings is 1. The largest absolute Gasteiger partial charge is 0.373 e. The van der Waals surface area contributed by atoms with E-state index in [1.165, 1.54) is 12.1 Å². The molecule has 2 aromatic rings. The van der Waals surface area contributed by atoms with Crippen molar-refractivity contribution in [2.45, 2.75) is 25.7 Å². The van der Waals surface area contributed by atoms with Crippen LogP contribution in [0.4, 0.5) is 10.2 Å². The van der Waals surface area contributed by atoms with Crippen LogP contribution in [-0.4, -0.2) is 17.0 Å². The van der Waals surface area contributed by atoms with Gasteiger partial charge in [0.05, 0.1) is 5.69 Å². The van der Waals surface area contributed by atoms with Crippen molar-refractivity contribution in [3.8, 4) is 11.3 Å². The summed E-state index contributed by atoms with van der Waals surface area (Å²) < 4.78 is 13.4. The molecule has 98 valence electrons. The number of halogens is 1. The molecule has 1 heterocycles. The van der Waals surface area contributed by atoms with Crippen LogP contribution in [0.15, 0.2) is 24.3 Å². The Morgan fingerprint density at radius 3 is 2.68 bits per heavy atom. The third-order valence-corrected chi connectivity index (χ3v) is 3.42. The van der Waals surface area contributed by atoms with Gasteiger partial charge in [0.25, 0.3) is 0 Å². The van der Waals surface area contributed by atoms with E-state index in [-0.39, 0.29) is 5.82 Å². The zero-order valence-corrected chi connectivity index (χ0v) is 11.1. The molecule has 1 fully saturated rings. The van der Waals surface area contributed by atoms with Gasteiger partial charge in [-0.15, -0.1) is 0 Å². The van der Waals surface area contributed by atoms with Gasteiger partial charge in [0.15, 0.2) is 0 Å². The normalized spacial score (nSPS) is 14.5. The molecule has 3 rings (SSSR count). The molecule has 1 N–H and O–H groups in total. The Hall–Kier alpha value is -1.97. The van der Waals surface area contributed by atoms with Gasteiger partial charge in [-0.3, -0.25) is 0 Å². The summed E-state index contributed by atoms with van der Waals surface area (Å²) in [6.07, 6.45) is 2.30. The quantitative estimate of drug-likeness (QED) is 0.914. The average molecular weight is 257 g/mol. The summed E-state index contributed by atoms with van der Waals surface area (Å²) in [5.41, 5.74) is 2.64.